The van der Waals surface area contributed by atoms with E-state index in [-0.39, 0.29) is 11.3 Å². The molecule has 0 bridgehead atoms. The van der Waals surface area contributed by atoms with Crippen LogP contribution in [0.4, 0.5) is 4.39 Å². The van der Waals surface area contributed by atoms with E-state index in [1.54, 1.807) is 29.2 Å². The molecule has 0 spiro atoms. The fourth-order valence-electron chi connectivity index (χ4n) is 3.48. The first-order valence-electron chi connectivity index (χ1n) is 9.43. The molecule has 0 fully saturated rings. The lowest BCUT2D eigenvalue weighted by atomic mass is 10.1. The number of hydrogen-bond acceptors (Lipinski definition) is 5. The number of rotatable bonds is 4. The Kier molecular flexibility index (Phi) is 4.28. The van der Waals surface area contributed by atoms with Crippen molar-refractivity contribution in [1.82, 2.24) is 24.6 Å². The van der Waals surface area contributed by atoms with Crippen LogP contribution < -0.4 is 0 Å². The van der Waals surface area contributed by atoms with Gasteiger partial charge in [-0.25, -0.2) is 18.9 Å². The van der Waals surface area contributed by atoms with Gasteiger partial charge in [-0.15, -0.1) is 0 Å². The van der Waals surface area contributed by atoms with Gasteiger partial charge in [0.05, 0.1) is 29.2 Å². The van der Waals surface area contributed by atoms with Crippen LogP contribution in [0.5, 0.6) is 0 Å². The van der Waals surface area contributed by atoms with E-state index < -0.39 is 5.82 Å². The minimum atomic E-state index is -0.572. The molecule has 5 rings (SSSR count). The highest BCUT2D eigenvalue weighted by molar-refractivity contribution is 5.94. The Bertz CT molecular complexity index is 1430. The van der Waals surface area contributed by atoms with Crippen molar-refractivity contribution in [2.24, 2.45) is 0 Å². The number of nitrogens with zero attached hydrogens (tertiary/aromatic N) is 5. The Morgan fingerprint density at radius 3 is 2.73 bits per heavy atom. The minimum Gasteiger partial charge on any atom is -0.294 e. The summed E-state index contributed by atoms with van der Waals surface area (Å²) in [6.07, 6.45) is 5.68. The van der Waals surface area contributed by atoms with Gasteiger partial charge in [0.2, 0.25) is 0 Å². The highest BCUT2D eigenvalue weighted by Crippen LogP contribution is 2.21. The predicted molar refractivity (Wildman–Crippen MR) is 111 cm³/mol. The second kappa shape index (κ2) is 7.11. The number of fused-ring (bicyclic) bond motifs is 2. The lowest BCUT2D eigenvalue weighted by Gasteiger charge is -2.06. The summed E-state index contributed by atoms with van der Waals surface area (Å²) >= 11 is 0. The van der Waals surface area contributed by atoms with E-state index in [1.165, 1.54) is 19.1 Å². The monoisotopic (exact) mass is 397 g/mol. The van der Waals surface area contributed by atoms with Crippen LogP contribution in [0.15, 0.2) is 67.1 Å². The maximum absolute atomic E-state index is 14.2. The number of carbonyl (C=O) groups excluding carboxylic acids is 1. The zero-order chi connectivity index (χ0) is 20.7. The Morgan fingerprint density at radius 1 is 1.03 bits per heavy atom. The molecular weight excluding hydrogens is 381 g/mol. The molecule has 0 saturated carbocycles. The fraction of sp³-hybridized carbons (Fsp3) is 0.0870. The highest BCUT2D eigenvalue weighted by Gasteiger charge is 2.13. The van der Waals surface area contributed by atoms with Gasteiger partial charge in [-0.1, -0.05) is 18.2 Å². The third-order valence-electron chi connectivity index (χ3n) is 5.00. The summed E-state index contributed by atoms with van der Waals surface area (Å²) in [7, 11) is 0. The van der Waals surface area contributed by atoms with Crippen molar-refractivity contribution in [1.29, 1.82) is 0 Å². The Morgan fingerprint density at radius 2 is 1.90 bits per heavy atom. The van der Waals surface area contributed by atoms with Gasteiger partial charge in [0.25, 0.3) is 5.78 Å². The lowest BCUT2D eigenvalue weighted by molar-refractivity contribution is 0.101. The summed E-state index contributed by atoms with van der Waals surface area (Å²) in [5.41, 5.74) is 4.01. The first-order valence-corrected chi connectivity index (χ1v) is 9.43. The van der Waals surface area contributed by atoms with Crippen LogP contribution in [0.2, 0.25) is 0 Å². The number of imidazole rings is 1. The molecule has 30 heavy (non-hydrogen) atoms. The standard InChI is InChI=1S/C23H16FN5O/c1-14(30)19-6-5-17(11-20(19)24)22-13-27-23-26-12-18(29(23)28-22)10-15-4-7-21-16(9-15)3-2-8-25-21/h2-9,11-13H,10H2,1H3. The number of ketones is 1. The van der Waals surface area contributed by atoms with E-state index in [4.69, 9.17) is 0 Å². The van der Waals surface area contributed by atoms with Crippen LogP contribution in [0.25, 0.3) is 27.9 Å². The molecule has 0 aliphatic carbocycles. The SMILES string of the molecule is CC(=O)c1ccc(-c2cnc3ncc(Cc4ccc5ncccc5c4)n3n2)cc1F. The summed E-state index contributed by atoms with van der Waals surface area (Å²) in [4.78, 5) is 24.5. The van der Waals surface area contributed by atoms with Crippen molar-refractivity contribution in [3.8, 4) is 11.3 Å². The Balaban J connectivity index is 1.52. The Hall–Kier alpha value is -4.00. The van der Waals surface area contributed by atoms with E-state index >= 15 is 0 Å². The number of aromatic nitrogens is 5. The molecule has 7 heteroatoms. The molecule has 0 aliphatic rings. The van der Waals surface area contributed by atoms with Crippen LogP contribution in [0, 0.1) is 5.82 Å². The maximum Gasteiger partial charge on any atom is 0.250 e. The first-order chi connectivity index (χ1) is 14.6. The second-order valence-corrected chi connectivity index (χ2v) is 7.06. The van der Waals surface area contributed by atoms with Crippen LogP contribution in [-0.4, -0.2) is 30.3 Å². The summed E-state index contributed by atoms with van der Waals surface area (Å²) in [6, 6.07) is 14.5. The second-order valence-electron chi connectivity index (χ2n) is 7.06. The molecule has 3 heterocycles. The largest absolute Gasteiger partial charge is 0.294 e. The zero-order valence-electron chi connectivity index (χ0n) is 16.1. The van der Waals surface area contributed by atoms with Gasteiger partial charge in [0, 0.05) is 23.6 Å². The molecule has 0 N–H and O–H groups in total. The van der Waals surface area contributed by atoms with Crippen LogP contribution >= 0.6 is 0 Å². The first kappa shape index (κ1) is 18.1. The summed E-state index contributed by atoms with van der Waals surface area (Å²) < 4.78 is 15.9. The van der Waals surface area contributed by atoms with Gasteiger partial charge in [-0.2, -0.15) is 5.10 Å². The van der Waals surface area contributed by atoms with Gasteiger partial charge in [0.15, 0.2) is 5.78 Å². The van der Waals surface area contributed by atoms with Crippen LogP contribution in [0.1, 0.15) is 28.5 Å². The van der Waals surface area contributed by atoms with E-state index in [0.717, 1.165) is 22.2 Å². The van der Waals surface area contributed by atoms with Crippen LogP contribution in [-0.2, 0) is 6.42 Å². The fourth-order valence-corrected chi connectivity index (χ4v) is 3.48. The summed E-state index contributed by atoms with van der Waals surface area (Å²) in [5, 5.41) is 5.67. The molecule has 0 atom stereocenters. The van der Waals surface area contributed by atoms with E-state index in [2.05, 4.69) is 26.1 Å². The summed E-state index contributed by atoms with van der Waals surface area (Å²) in [5.74, 6) is -0.419. The molecule has 0 aliphatic heterocycles. The molecular formula is C23H16FN5O. The number of Topliss-reactive ketones (excluding diaryl/α,β-unsaturated/α-hetero) is 1. The molecule has 0 radical (unpaired) electrons. The molecule has 5 aromatic rings. The number of hydrogen-bond donors (Lipinski definition) is 0. The van der Waals surface area contributed by atoms with Crippen molar-refractivity contribution < 1.29 is 9.18 Å². The highest BCUT2D eigenvalue weighted by atomic mass is 19.1. The van der Waals surface area contributed by atoms with Gasteiger partial charge >= 0.3 is 0 Å². The average Bonchev–Trinajstić information content (AvgIpc) is 3.15. The van der Waals surface area contributed by atoms with E-state index in [1.807, 2.05) is 24.3 Å². The quantitative estimate of drug-likeness (QED) is 0.424. The van der Waals surface area contributed by atoms with Crippen molar-refractivity contribution in [3.63, 3.8) is 0 Å². The van der Waals surface area contributed by atoms with Crippen LogP contribution in [0.3, 0.4) is 0 Å². The van der Waals surface area contributed by atoms with E-state index in [9.17, 15) is 9.18 Å². The molecule has 0 saturated heterocycles. The third-order valence-corrected chi connectivity index (χ3v) is 5.00. The number of halogens is 1. The van der Waals surface area contributed by atoms with Gasteiger partial charge in [-0.3, -0.25) is 9.78 Å². The molecule has 0 unspecified atom stereocenters. The molecule has 3 aromatic heterocycles. The molecule has 6 nitrogen and oxygen atoms in total. The molecule has 146 valence electrons. The zero-order valence-corrected chi connectivity index (χ0v) is 16.1. The number of benzene rings is 2. The van der Waals surface area contributed by atoms with Gasteiger partial charge in [-0.05, 0) is 42.8 Å². The van der Waals surface area contributed by atoms with Gasteiger partial charge < -0.3 is 0 Å². The topological polar surface area (TPSA) is 73.0 Å². The van der Waals surface area contributed by atoms with Crippen molar-refractivity contribution in [3.05, 3.63) is 89.8 Å². The minimum absolute atomic E-state index is 0.0573. The average molecular weight is 397 g/mol. The Labute approximate surface area is 171 Å². The molecule has 0 amide bonds. The van der Waals surface area contributed by atoms with E-state index in [0.29, 0.717) is 23.5 Å². The van der Waals surface area contributed by atoms with Gasteiger partial charge in [0.1, 0.15) is 11.5 Å². The smallest absolute Gasteiger partial charge is 0.250 e. The molecule has 2 aromatic carbocycles. The lowest BCUT2D eigenvalue weighted by Crippen LogP contribution is -2.03. The third kappa shape index (κ3) is 3.20. The van der Waals surface area contributed by atoms with Crippen molar-refractivity contribution in [2.75, 3.05) is 0 Å². The van der Waals surface area contributed by atoms with Crippen molar-refractivity contribution in [2.45, 2.75) is 13.3 Å². The van der Waals surface area contributed by atoms with Crippen molar-refractivity contribution >= 4 is 22.5 Å². The normalized spacial score (nSPS) is 11.3. The maximum atomic E-state index is 14.2. The summed E-state index contributed by atoms with van der Waals surface area (Å²) in [6.45, 7) is 1.34. The predicted octanol–water partition coefficient (Wildman–Crippen LogP) is 4.27. The number of pyridine rings is 1. The number of carbonyl (C=O) groups is 1.